The smallest absolute Gasteiger partial charge is 0.302 e. The van der Waals surface area contributed by atoms with Crippen LogP contribution in [0.25, 0.3) is 0 Å². The van der Waals surface area contributed by atoms with Gasteiger partial charge in [0.25, 0.3) is 29.5 Å². The van der Waals surface area contributed by atoms with Crippen LogP contribution < -0.4 is 14.4 Å². The van der Waals surface area contributed by atoms with Gasteiger partial charge in [0.05, 0.1) is 35.6 Å². The Morgan fingerprint density at radius 2 is 1.22 bits per heavy atom. The van der Waals surface area contributed by atoms with Crippen molar-refractivity contribution >= 4 is 53.4 Å². The number of imide groups is 2. The molecule has 0 N–H and O–H groups in total. The normalized spacial score (nSPS) is 15.2. The number of esters is 2. The van der Waals surface area contributed by atoms with Gasteiger partial charge in [-0.05, 0) is 115 Å². The van der Waals surface area contributed by atoms with Crippen LogP contribution >= 0.6 is 0 Å². The number of fused-ring (bicyclic) bond motifs is 1. The molecule has 0 spiro atoms. The average Bonchev–Trinajstić information content (AvgIpc) is 4.13. The van der Waals surface area contributed by atoms with Crippen molar-refractivity contribution in [1.82, 2.24) is 9.80 Å². The van der Waals surface area contributed by atoms with Gasteiger partial charge in [0.15, 0.2) is 6.29 Å². The van der Waals surface area contributed by atoms with E-state index in [1.165, 1.54) is 43.7 Å². The van der Waals surface area contributed by atoms with E-state index in [2.05, 4.69) is 27.4 Å². The predicted octanol–water partition coefficient (Wildman–Crippen LogP) is 13.2. The van der Waals surface area contributed by atoms with Crippen molar-refractivity contribution in [2.75, 3.05) is 31.7 Å². The molecule has 3 aliphatic rings. The lowest BCUT2D eigenvalue weighted by molar-refractivity contribution is -0.141. The molecule has 0 atom stereocenters. The number of carbonyl (C=O) groups is 8. The number of nitrogens with zero attached hydrogens (tertiary/aromatic N) is 3. The lowest BCUT2D eigenvalue weighted by Gasteiger charge is -2.26. The third-order valence-electron chi connectivity index (χ3n) is 13.7. The van der Waals surface area contributed by atoms with Crippen molar-refractivity contribution in [2.45, 2.75) is 98.3 Å². The zero-order valence-corrected chi connectivity index (χ0v) is 47.7. The van der Waals surface area contributed by atoms with Gasteiger partial charge < -0.3 is 23.8 Å². The van der Waals surface area contributed by atoms with Crippen LogP contribution in [0.5, 0.6) is 23.0 Å². The highest BCUT2D eigenvalue weighted by Crippen LogP contribution is 2.37. The van der Waals surface area contributed by atoms with E-state index in [-0.39, 0.29) is 53.0 Å². The molecule has 82 heavy (non-hydrogen) atoms. The van der Waals surface area contributed by atoms with E-state index in [4.69, 9.17) is 18.9 Å². The maximum atomic E-state index is 13.6. The monoisotopic (exact) mass is 1110 g/mol. The van der Waals surface area contributed by atoms with Crippen molar-refractivity contribution in [2.24, 2.45) is 0 Å². The number of hydrogen-bond donors (Lipinski definition) is 0. The summed E-state index contributed by atoms with van der Waals surface area (Å²) in [5.74, 6) is -0.224. The number of ether oxygens (including phenoxy) is 4. The van der Waals surface area contributed by atoms with Gasteiger partial charge in [-0.1, -0.05) is 107 Å². The quantitative estimate of drug-likeness (QED) is 0.0223. The van der Waals surface area contributed by atoms with Crippen molar-refractivity contribution in [3.63, 3.8) is 0 Å². The number of hydrogen-bond acceptors (Lipinski definition) is 12. The van der Waals surface area contributed by atoms with Gasteiger partial charge in [-0.15, -0.1) is 6.58 Å². The number of allylic oxidation sites excluding steroid dienone is 5. The van der Waals surface area contributed by atoms with E-state index in [0.717, 1.165) is 45.7 Å². The first-order valence-electron chi connectivity index (χ1n) is 27.4. The second-order valence-corrected chi connectivity index (χ2v) is 20.1. The lowest BCUT2D eigenvalue weighted by Crippen LogP contribution is -2.30. The van der Waals surface area contributed by atoms with Crippen molar-refractivity contribution in [1.29, 1.82) is 0 Å². The fourth-order valence-corrected chi connectivity index (χ4v) is 9.12. The summed E-state index contributed by atoms with van der Waals surface area (Å²) in [7, 11) is 1.69. The number of benzene rings is 5. The Morgan fingerprint density at radius 3 is 1.79 bits per heavy atom. The molecular formula is C67H71N3O12. The molecule has 0 aromatic heterocycles. The lowest BCUT2D eigenvalue weighted by atomic mass is 9.78. The Bertz CT molecular complexity index is 3260. The second kappa shape index (κ2) is 29.8. The highest BCUT2D eigenvalue weighted by molar-refractivity contribution is 6.34. The van der Waals surface area contributed by atoms with Gasteiger partial charge in [-0.25, -0.2) is 4.90 Å². The number of unbranched alkanes of at least 4 members (excludes halogenated alkanes) is 3. The first-order valence-corrected chi connectivity index (χ1v) is 27.4. The molecular weight excluding hydrogens is 1040 g/mol. The van der Waals surface area contributed by atoms with Gasteiger partial charge in [0.2, 0.25) is 0 Å². The molecule has 0 fully saturated rings. The van der Waals surface area contributed by atoms with Crippen LogP contribution in [0.3, 0.4) is 0 Å². The summed E-state index contributed by atoms with van der Waals surface area (Å²) in [6.45, 7) is 15.5. The molecule has 15 nitrogen and oxygen atoms in total. The van der Waals surface area contributed by atoms with Gasteiger partial charge in [-0.3, -0.25) is 43.3 Å². The Hall–Kier alpha value is -9.24. The number of carbonyl (C=O) groups excluding carboxylic acids is 8. The molecule has 0 saturated carbocycles. The molecule has 8 rings (SSSR count). The molecule has 0 bridgehead atoms. The molecule has 5 aromatic carbocycles. The first kappa shape index (κ1) is 62.0. The predicted molar refractivity (Wildman–Crippen MR) is 315 cm³/mol. The van der Waals surface area contributed by atoms with Crippen LogP contribution in [0.15, 0.2) is 170 Å². The highest BCUT2D eigenvalue weighted by Gasteiger charge is 2.37. The Balaban J connectivity index is 0.000000586. The molecule has 5 aromatic rings. The number of rotatable bonds is 21. The van der Waals surface area contributed by atoms with Gasteiger partial charge >= 0.3 is 11.9 Å². The van der Waals surface area contributed by atoms with Crippen LogP contribution in [0.4, 0.5) is 5.69 Å². The second-order valence-electron chi connectivity index (χ2n) is 20.1. The SMILES string of the molecule is C=CC.CC(=O)OCCC1=C/C/C=C(/N(C)C(=O)c2ccc(Oc3ccc(C(C)(C)c4ccc(Oc5ccc6c(c5)C(=O)N(c5ccc(CCOC(C)=O)cc5)C6=O)cc4)cc3)cc2C=O)C/C=C\1.CCCCCCN1C(=O)C=CC1=O. The topological polar surface area (TPSA) is 183 Å². The van der Waals surface area contributed by atoms with Crippen LogP contribution in [-0.4, -0.2) is 84.4 Å². The molecule has 2 heterocycles. The summed E-state index contributed by atoms with van der Waals surface area (Å²) in [6, 6.07) is 32.1. The highest BCUT2D eigenvalue weighted by atomic mass is 16.5. The molecule has 15 heteroatoms. The third kappa shape index (κ3) is 16.7. The molecule has 1 aliphatic carbocycles. The van der Waals surface area contributed by atoms with E-state index >= 15 is 0 Å². The standard InChI is InChI=1S/C54H50N2O10.C10H15NO2.C3H6/c1-35(58)63-30-28-37-8-6-10-42(11-7-9-37)55(5)51(60)48-26-24-46(32-39(48)34-57)65-44-20-14-40(15-21-44)54(3,4)41-16-22-45(23-17-41)66-47-25-27-49-50(33-47)53(62)56(52(49)61)43-18-12-38(13-19-43)29-31-64-36(2)59;1-2-3-4-5-8-11-9(12)6-7-10(11)13;1-3-2/h6,8-9,11-27,32-34H,7,10,28-31H2,1-5H3;6-7H,2-5,8H2,1H3;3H,1H2,2H3/b8-6-,37-9+,42-11+;;. The zero-order chi connectivity index (χ0) is 59.3. The number of aldehydes is 1. The average molecular weight is 1110 g/mol. The summed E-state index contributed by atoms with van der Waals surface area (Å²) in [5, 5.41) is 0. The summed E-state index contributed by atoms with van der Waals surface area (Å²) in [6.07, 6.45) is 19.6. The van der Waals surface area contributed by atoms with Crippen molar-refractivity contribution in [3.8, 4) is 23.0 Å². The number of amides is 5. The summed E-state index contributed by atoms with van der Waals surface area (Å²) in [5.41, 5.74) is 5.86. The Morgan fingerprint density at radius 1 is 0.671 bits per heavy atom. The maximum absolute atomic E-state index is 13.6. The van der Waals surface area contributed by atoms with Gasteiger partial charge in [0.1, 0.15) is 23.0 Å². The van der Waals surface area contributed by atoms with Crippen LogP contribution in [-0.2, 0) is 40.5 Å². The van der Waals surface area contributed by atoms with E-state index in [1.54, 1.807) is 78.7 Å². The van der Waals surface area contributed by atoms with Crippen molar-refractivity contribution < 1.29 is 57.3 Å². The minimum absolute atomic E-state index is 0.165. The molecule has 0 unspecified atom stereocenters. The van der Waals surface area contributed by atoms with E-state index < -0.39 is 17.2 Å². The van der Waals surface area contributed by atoms with E-state index in [9.17, 15) is 38.4 Å². The van der Waals surface area contributed by atoms with Crippen LogP contribution in [0, 0.1) is 0 Å². The van der Waals surface area contributed by atoms with Crippen molar-refractivity contribution in [3.05, 3.63) is 209 Å². The molecule has 2 aliphatic heterocycles. The maximum Gasteiger partial charge on any atom is 0.302 e. The van der Waals surface area contributed by atoms with E-state index in [0.29, 0.717) is 79.4 Å². The van der Waals surface area contributed by atoms with Gasteiger partial charge in [0, 0.05) is 75.5 Å². The largest absolute Gasteiger partial charge is 0.466 e. The minimum Gasteiger partial charge on any atom is -0.466 e. The fraction of sp³-hybridized carbons (Fsp3) is 0.284. The first-order chi connectivity index (χ1) is 39.4. The van der Waals surface area contributed by atoms with Crippen LogP contribution in [0.1, 0.15) is 145 Å². The third-order valence-corrected chi connectivity index (χ3v) is 13.7. The minimum atomic E-state index is -0.442. The fourth-order valence-electron chi connectivity index (χ4n) is 9.12. The molecule has 0 saturated heterocycles. The molecule has 0 radical (unpaired) electrons. The van der Waals surface area contributed by atoms with Gasteiger partial charge in [-0.2, -0.15) is 0 Å². The van der Waals surface area contributed by atoms with E-state index in [1.807, 2.05) is 79.8 Å². The Labute approximate surface area is 480 Å². The zero-order valence-electron chi connectivity index (χ0n) is 47.7. The van der Waals surface area contributed by atoms with Crippen LogP contribution in [0.2, 0.25) is 0 Å². The summed E-state index contributed by atoms with van der Waals surface area (Å²) in [4.78, 5) is 101. The summed E-state index contributed by atoms with van der Waals surface area (Å²) >= 11 is 0. The summed E-state index contributed by atoms with van der Waals surface area (Å²) < 4.78 is 22.4. The Kier molecular flexibility index (Phi) is 22.5. The molecule has 5 amide bonds. The molecule has 426 valence electrons. The number of anilines is 1.